The van der Waals surface area contributed by atoms with Gasteiger partial charge < -0.3 is 5.32 Å². The molecule has 1 aromatic rings. The van der Waals surface area contributed by atoms with Gasteiger partial charge in [-0.1, -0.05) is 49.1 Å². The first-order valence-corrected chi connectivity index (χ1v) is 7.93. The fourth-order valence-electron chi connectivity index (χ4n) is 2.89. The predicted octanol–water partition coefficient (Wildman–Crippen LogP) is 3.25. The van der Waals surface area contributed by atoms with E-state index in [2.05, 4.69) is 20.8 Å². The number of nitrogens with one attached hydrogen (secondary N) is 2. The van der Waals surface area contributed by atoms with Gasteiger partial charge >= 0.3 is 0 Å². The van der Waals surface area contributed by atoms with Crippen molar-refractivity contribution in [2.45, 2.75) is 37.6 Å². The van der Waals surface area contributed by atoms with Gasteiger partial charge in [0.15, 0.2) is 10.9 Å². The van der Waals surface area contributed by atoms with Crippen LogP contribution < -0.4 is 10.7 Å². The summed E-state index contributed by atoms with van der Waals surface area (Å²) in [4.78, 5) is 4.40. The lowest BCUT2D eigenvalue weighted by atomic mass is 9.81. The zero-order valence-corrected chi connectivity index (χ0v) is 13.2. The molecule has 4 nitrogen and oxygen atoms in total. The number of aliphatic imine (C=N–C) groups is 1. The van der Waals surface area contributed by atoms with E-state index in [9.17, 15) is 0 Å². The SMILES string of the molecule is S=C1N=C(N/N=C/c2ccccc2Cl)C2(CCCCC2)N1. The molecule has 6 heteroatoms. The Labute approximate surface area is 134 Å². The highest BCUT2D eigenvalue weighted by Crippen LogP contribution is 2.31. The van der Waals surface area contributed by atoms with Crippen LogP contribution in [0.2, 0.25) is 5.02 Å². The van der Waals surface area contributed by atoms with Crippen molar-refractivity contribution in [1.29, 1.82) is 0 Å². The van der Waals surface area contributed by atoms with Gasteiger partial charge in [0.05, 0.1) is 11.8 Å². The molecule has 0 radical (unpaired) electrons. The summed E-state index contributed by atoms with van der Waals surface area (Å²) >= 11 is 11.3. The Morgan fingerprint density at radius 1 is 1.29 bits per heavy atom. The van der Waals surface area contributed by atoms with Crippen molar-refractivity contribution in [3.05, 3.63) is 34.9 Å². The molecule has 3 rings (SSSR count). The molecule has 1 fully saturated rings. The van der Waals surface area contributed by atoms with Crippen LogP contribution in [0.25, 0.3) is 0 Å². The Bertz CT molecular complexity index is 605. The molecule has 0 saturated heterocycles. The first-order valence-electron chi connectivity index (χ1n) is 7.15. The van der Waals surface area contributed by atoms with Gasteiger partial charge in [-0.2, -0.15) is 5.10 Å². The Balaban J connectivity index is 1.73. The molecule has 21 heavy (non-hydrogen) atoms. The van der Waals surface area contributed by atoms with E-state index in [1.54, 1.807) is 6.21 Å². The second-order valence-corrected chi connectivity index (χ2v) is 6.22. The number of hydrogen-bond acceptors (Lipinski definition) is 3. The third-order valence-corrected chi connectivity index (χ3v) is 4.54. The molecule has 1 aliphatic carbocycles. The molecule has 1 heterocycles. The van der Waals surface area contributed by atoms with Crippen LogP contribution in [0.5, 0.6) is 0 Å². The van der Waals surface area contributed by atoms with Crippen molar-refractivity contribution >= 4 is 41.0 Å². The highest BCUT2D eigenvalue weighted by molar-refractivity contribution is 7.80. The van der Waals surface area contributed by atoms with Crippen molar-refractivity contribution in [3.8, 4) is 0 Å². The fourth-order valence-corrected chi connectivity index (χ4v) is 3.36. The molecule has 1 spiro atoms. The van der Waals surface area contributed by atoms with Crippen LogP contribution >= 0.6 is 23.8 Å². The molecule has 0 aromatic heterocycles. The largest absolute Gasteiger partial charge is 0.348 e. The second-order valence-electron chi connectivity index (χ2n) is 5.42. The third kappa shape index (κ3) is 3.09. The molecule has 0 bridgehead atoms. The zero-order chi connectivity index (χ0) is 14.7. The highest BCUT2D eigenvalue weighted by Gasteiger charge is 2.42. The Morgan fingerprint density at radius 2 is 2.05 bits per heavy atom. The van der Waals surface area contributed by atoms with E-state index in [0.717, 1.165) is 24.2 Å². The summed E-state index contributed by atoms with van der Waals surface area (Å²) in [5.74, 6) is 0.829. The summed E-state index contributed by atoms with van der Waals surface area (Å²) in [6, 6.07) is 7.59. The van der Waals surface area contributed by atoms with Crippen molar-refractivity contribution in [2.24, 2.45) is 10.1 Å². The average molecular weight is 321 g/mol. The summed E-state index contributed by atoms with van der Waals surface area (Å²) in [5.41, 5.74) is 3.79. The first kappa shape index (κ1) is 14.5. The molecule has 0 atom stereocenters. The van der Waals surface area contributed by atoms with Gasteiger partial charge in [0.2, 0.25) is 0 Å². The lowest BCUT2D eigenvalue weighted by molar-refractivity contribution is 0.352. The van der Waals surface area contributed by atoms with E-state index in [0.29, 0.717) is 10.1 Å². The number of nitrogens with zero attached hydrogens (tertiary/aromatic N) is 2. The molecule has 1 aromatic carbocycles. The van der Waals surface area contributed by atoms with Crippen molar-refractivity contribution in [1.82, 2.24) is 10.7 Å². The topological polar surface area (TPSA) is 48.8 Å². The van der Waals surface area contributed by atoms with Crippen LogP contribution in [-0.2, 0) is 0 Å². The van der Waals surface area contributed by atoms with Crippen LogP contribution in [0.15, 0.2) is 34.4 Å². The number of amidine groups is 1. The van der Waals surface area contributed by atoms with Crippen LogP contribution in [0.1, 0.15) is 37.7 Å². The van der Waals surface area contributed by atoms with Crippen LogP contribution in [-0.4, -0.2) is 22.7 Å². The monoisotopic (exact) mass is 320 g/mol. The summed E-state index contributed by atoms with van der Waals surface area (Å²) < 4.78 is 0. The molecule has 110 valence electrons. The maximum atomic E-state index is 6.10. The first-order chi connectivity index (χ1) is 10.2. The van der Waals surface area contributed by atoms with E-state index in [4.69, 9.17) is 23.8 Å². The number of hydrogen-bond donors (Lipinski definition) is 2. The van der Waals surface area contributed by atoms with E-state index >= 15 is 0 Å². The van der Waals surface area contributed by atoms with Gasteiger partial charge in [0.1, 0.15) is 0 Å². The molecule has 2 aliphatic rings. The van der Waals surface area contributed by atoms with Crippen molar-refractivity contribution < 1.29 is 0 Å². The standard InChI is InChI=1S/C15H17ClN4S/c16-12-7-3-2-6-11(12)10-17-20-13-15(19-14(21)18-13)8-4-1-5-9-15/h2-3,6-7,10H,1,4-5,8-9H2,(H2,18,19,20,21)/b17-10+. The lowest BCUT2D eigenvalue weighted by Crippen LogP contribution is -2.53. The summed E-state index contributed by atoms with van der Waals surface area (Å²) in [6.07, 6.45) is 7.44. The van der Waals surface area contributed by atoms with Crippen LogP contribution in [0, 0.1) is 0 Å². The van der Waals surface area contributed by atoms with Gasteiger partial charge in [0, 0.05) is 10.6 Å². The fraction of sp³-hybridized carbons (Fsp3) is 0.400. The molecule has 0 unspecified atom stereocenters. The van der Waals surface area contributed by atoms with Gasteiger partial charge in [-0.05, 0) is 31.1 Å². The summed E-state index contributed by atoms with van der Waals surface area (Å²) in [5, 5.41) is 8.85. The minimum atomic E-state index is -0.146. The van der Waals surface area contributed by atoms with Crippen molar-refractivity contribution in [3.63, 3.8) is 0 Å². The average Bonchev–Trinajstić information content (AvgIpc) is 2.77. The minimum absolute atomic E-state index is 0.146. The smallest absolute Gasteiger partial charge is 0.195 e. The van der Waals surface area contributed by atoms with Gasteiger partial charge in [-0.3, -0.25) is 5.43 Å². The van der Waals surface area contributed by atoms with E-state index in [1.165, 1.54) is 19.3 Å². The van der Waals surface area contributed by atoms with Crippen LogP contribution in [0.3, 0.4) is 0 Å². The van der Waals surface area contributed by atoms with Crippen LogP contribution in [0.4, 0.5) is 0 Å². The molecule has 2 N–H and O–H groups in total. The van der Waals surface area contributed by atoms with Gasteiger partial charge in [-0.25, -0.2) is 4.99 Å². The Kier molecular flexibility index (Phi) is 4.22. The second kappa shape index (κ2) is 6.12. The normalized spacial score (nSPS) is 20.6. The number of benzene rings is 1. The van der Waals surface area contributed by atoms with Gasteiger partial charge in [0.25, 0.3) is 0 Å². The van der Waals surface area contributed by atoms with E-state index in [1.807, 2.05) is 24.3 Å². The maximum absolute atomic E-state index is 6.10. The molecule has 1 aliphatic heterocycles. The number of hydrazone groups is 1. The molecular weight excluding hydrogens is 304 g/mol. The summed E-state index contributed by atoms with van der Waals surface area (Å²) in [7, 11) is 0. The Hall–Kier alpha value is -1.46. The lowest BCUT2D eigenvalue weighted by Gasteiger charge is -2.34. The number of halogens is 1. The number of thiocarbonyl (C=S) groups is 1. The number of rotatable bonds is 2. The molecule has 1 saturated carbocycles. The summed E-state index contributed by atoms with van der Waals surface area (Å²) in [6.45, 7) is 0. The third-order valence-electron chi connectivity index (χ3n) is 4.00. The van der Waals surface area contributed by atoms with E-state index in [-0.39, 0.29) is 5.54 Å². The Morgan fingerprint density at radius 3 is 2.81 bits per heavy atom. The van der Waals surface area contributed by atoms with Gasteiger partial charge in [-0.15, -0.1) is 0 Å². The quantitative estimate of drug-likeness (QED) is 0.499. The minimum Gasteiger partial charge on any atom is -0.348 e. The van der Waals surface area contributed by atoms with Crippen molar-refractivity contribution in [2.75, 3.05) is 0 Å². The highest BCUT2D eigenvalue weighted by atomic mass is 35.5. The zero-order valence-electron chi connectivity index (χ0n) is 11.6. The predicted molar refractivity (Wildman–Crippen MR) is 91.2 cm³/mol. The molecule has 0 amide bonds. The molecular formula is C15H17ClN4S. The maximum Gasteiger partial charge on any atom is 0.195 e. The van der Waals surface area contributed by atoms with E-state index < -0.39 is 0 Å².